The number of anilines is 1. The highest BCUT2D eigenvalue weighted by atomic mass is 32.2. The Labute approximate surface area is 121 Å². The minimum absolute atomic E-state index is 0.0936. The lowest BCUT2D eigenvalue weighted by Crippen LogP contribution is -2.14. The first-order chi connectivity index (χ1) is 9.60. The minimum atomic E-state index is -0.0936. The van der Waals surface area contributed by atoms with E-state index in [0.29, 0.717) is 11.4 Å². The van der Waals surface area contributed by atoms with E-state index in [1.165, 1.54) is 11.8 Å². The van der Waals surface area contributed by atoms with Gasteiger partial charge < -0.3 is 14.6 Å². The molecule has 2 aromatic rings. The number of nitrogens with zero attached hydrogens (tertiary/aromatic N) is 3. The standard InChI is InChI=1S/C13H16N4O2S/c1-9-15-16-13(17(9)2)20-8-12(18)14-10-5-4-6-11(7-10)19-3/h4-7H,8H2,1-3H3,(H,14,18). The number of aromatic nitrogens is 3. The van der Waals surface area contributed by atoms with E-state index in [1.807, 2.05) is 36.7 Å². The number of aryl methyl sites for hydroxylation is 1. The van der Waals surface area contributed by atoms with Gasteiger partial charge in [-0.3, -0.25) is 4.79 Å². The van der Waals surface area contributed by atoms with Crippen molar-refractivity contribution in [1.29, 1.82) is 0 Å². The molecule has 20 heavy (non-hydrogen) atoms. The number of methoxy groups -OCH3 is 1. The third-order valence-corrected chi connectivity index (χ3v) is 3.76. The molecule has 0 radical (unpaired) electrons. The van der Waals surface area contributed by atoms with Crippen LogP contribution in [-0.2, 0) is 11.8 Å². The van der Waals surface area contributed by atoms with Crippen molar-refractivity contribution < 1.29 is 9.53 Å². The highest BCUT2D eigenvalue weighted by Crippen LogP contribution is 2.18. The quantitative estimate of drug-likeness (QED) is 0.852. The van der Waals surface area contributed by atoms with Crippen LogP contribution in [0.5, 0.6) is 5.75 Å². The van der Waals surface area contributed by atoms with Crippen LogP contribution in [0.3, 0.4) is 0 Å². The molecule has 106 valence electrons. The molecule has 1 N–H and O–H groups in total. The molecule has 7 heteroatoms. The van der Waals surface area contributed by atoms with Gasteiger partial charge >= 0.3 is 0 Å². The SMILES string of the molecule is COc1cccc(NC(=O)CSc2nnc(C)n2C)c1. The molecule has 0 atom stereocenters. The fourth-order valence-corrected chi connectivity index (χ4v) is 2.30. The number of nitrogens with one attached hydrogen (secondary N) is 1. The van der Waals surface area contributed by atoms with Gasteiger partial charge in [0.25, 0.3) is 0 Å². The molecule has 1 heterocycles. The molecule has 0 saturated heterocycles. The van der Waals surface area contributed by atoms with Crippen LogP contribution in [0.2, 0.25) is 0 Å². The van der Waals surface area contributed by atoms with Crippen molar-refractivity contribution in [3.63, 3.8) is 0 Å². The summed E-state index contributed by atoms with van der Waals surface area (Å²) >= 11 is 1.35. The van der Waals surface area contributed by atoms with Crippen molar-refractivity contribution in [3.8, 4) is 5.75 Å². The lowest BCUT2D eigenvalue weighted by Gasteiger charge is -2.06. The van der Waals surface area contributed by atoms with E-state index in [0.717, 1.165) is 11.0 Å². The molecule has 0 bridgehead atoms. The van der Waals surface area contributed by atoms with Gasteiger partial charge in [-0.05, 0) is 19.1 Å². The summed E-state index contributed by atoms with van der Waals surface area (Å²) in [6.45, 7) is 1.87. The molecule has 2 rings (SSSR count). The van der Waals surface area contributed by atoms with Gasteiger partial charge in [-0.1, -0.05) is 17.8 Å². The second kappa shape index (κ2) is 6.42. The van der Waals surface area contributed by atoms with Gasteiger partial charge in [-0.2, -0.15) is 0 Å². The number of carbonyl (C=O) groups is 1. The maximum atomic E-state index is 11.9. The zero-order valence-electron chi connectivity index (χ0n) is 11.6. The highest BCUT2D eigenvalue weighted by Gasteiger charge is 2.09. The predicted octanol–water partition coefficient (Wildman–Crippen LogP) is 1.86. The molecule has 0 aliphatic carbocycles. The van der Waals surface area contributed by atoms with E-state index in [-0.39, 0.29) is 11.7 Å². The summed E-state index contributed by atoms with van der Waals surface area (Å²) in [7, 11) is 3.46. The summed E-state index contributed by atoms with van der Waals surface area (Å²) in [5.74, 6) is 1.72. The zero-order valence-corrected chi connectivity index (χ0v) is 12.4. The molecular weight excluding hydrogens is 276 g/mol. The predicted molar refractivity (Wildman–Crippen MR) is 78.1 cm³/mol. The number of hydrogen-bond acceptors (Lipinski definition) is 5. The number of thioether (sulfide) groups is 1. The van der Waals surface area contributed by atoms with Gasteiger partial charge in [0.15, 0.2) is 5.16 Å². The van der Waals surface area contributed by atoms with Crippen molar-refractivity contribution in [2.45, 2.75) is 12.1 Å². The van der Waals surface area contributed by atoms with Gasteiger partial charge in [0.05, 0.1) is 12.9 Å². The first kappa shape index (κ1) is 14.4. The van der Waals surface area contributed by atoms with Gasteiger partial charge in [0.2, 0.25) is 5.91 Å². The van der Waals surface area contributed by atoms with Crippen molar-refractivity contribution in [1.82, 2.24) is 14.8 Å². The van der Waals surface area contributed by atoms with E-state index >= 15 is 0 Å². The molecule has 1 aromatic carbocycles. The van der Waals surface area contributed by atoms with E-state index < -0.39 is 0 Å². The summed E-state index contributed by atoms with van der Waals surface area (Å²) in [6, 6.07) is 7.24. The average molecular weight is 292 g/mol. The Balaban J connectivity index is 1.90. The Kier molecular flexibility index (Phi) is 4.62. The summed E-state index contributed by atoms with van der Waals surface area (Å²) in [4.78, 5) is 11.9. The summed E-state index contributed by atoms with van der Waals surface area (Å²) < 4.78 is 6.96. The maximum absolute atomic E-state index is 11.9. The molecule has 1 amide bonds. The van der Waals surface area contributed by atoms with Crippen LogP contribution in [0.15, 0.2) is 29.4 Å². The monoisotopic (exact) mass is 292 g/mol. The number of carbonyl (C=O) groups excluding carboxylic acids is 1. The van der Waals surface area contributed by atoms with Crippen LogP contribution in [0.4, 0.5) is 5.69 Å². The Bertz CT molecular complexity index is 612. The van der Waals surface area contributed by atoms with E-state index in [9.17, 15) is 4.79 Å². The maximum Gasteiger partial charge on any atom is 0.234 e. The molecule has 0 unspecified atom stereocenters. The van der Waals surface area contributed by atoms with Gasteiger partial charge in [0.1, 0.15) is 11.6 Å². The molecule has 6 nitrogen and oxygen atoms in total. The third-order valence-electron chi connectivity index (χ3n) is 2.74. The van der Waals surface area contributed by atoms with Crippen LogP contribution in [0.1, 0.15) is 5.82 Å². The number of amides is 1. The second-order valence-corrected chi connectivity index (χ2v) is 5.10. The fourth-order valence-electron chi connectivity index (χ4n) is 1.54. The lowest BCUT2D eigenvalue weighted by atomic mass is 10.3. The fraction of sp³-hybridized carbons (Fsp3) is 0.308. The van der Waals surface area contributed by atoms with Crippen LogP contribution in [-0.4, -0.2) is 33.5 Å². The van der Waals surface area contributed by atoms with E-state index in [2.05, 4.69) is 15.5 Å². The minimum Gasteiger partial charge on any atom is -0.497 e. The van der Waals surface area contributed by atoms with Crippen LogP contribution >= 0.6 is 11.8 Å². The zero-order chi connectivity index (χ0) is 14.5. The smallest absolute Gasteiger partial charge is 0.234 e. The summed E-state index contributed by atoms with van der Waals surface area (Å²) in [5.41, 5.74) is 0.712. The highest BCUT2D eigenvalue weighted by molar-refractivity contribution is 7.99. The number of rotatable bonds is 5. The first-order valence-corrected chi connectivity index (χ1v) is 7.01. The second-order valence-electron chi connectivity index (χ2n) is 4.16. The van der Waals surface area contributed by atoms with Crippen LogP contribution in [0.25, 0.3) is 0 Å². The number of ether oxygens (including phenoxy) is 1. The van der Waals surface area contributed by atoms with Crippen molar-refractivity contribution in [2.24, 2.45) is 7.05 Å². The average Bonchev–Trinajstić information content (AvgIpc) is 2.77. The Morgan fingerprint density at radius 3 is 2.90 bits per heavy atom. The summed E-state index contributed by atoms with van der Waals surface area (Å²) in [5, 5.41) is 11.5. The number of benzene rings is 1. The van der Waals surface area contributed by atoms with Crippen LogP contribution in [0, 0.1) is 6.92 Å². The largest absolute Gasteiger partial charge is 0.497 e. The normalized spacial score (nSPS) is 10.3. The molecule has 1 aromatic heterocycles. The molecular formula is C13H16N4O2S. The van der Waals surface area contributed by atoms with Gasteiger partial charge in [-0.15, -0.1) is 10.2 Å². The van der Waals surface area contributed by atoms with E-state index in [4.69, 9.17) is 4.74 Å². The van der Waals surface area contributed by atoms with Crippen molar-refractivity contribution in [3.05, 3.63) is 30.1 Å². The molecule has 0 fully saturated rings. The van der Waals surface area contributed by atoms with Crippen molar-refractivity contribution >= 4 is 23.4 Å². The Morgan fingerprint density at radius 1 is 1.45 bits per heavy atom. The third kappa shape index (κ3) is 3.51. The summed E-state index contributed by atoms with van der Waals surface area (Å²) in [6.07, 6.45) is 0. The van der Waals surface area contributed by atoms with E-state index in [1.54, 1.807) is 13.2 Å². The van der Waals surface area contributed by atoms with Crippen LogP contribution < -0.4 is 10.1 Å². The molecule has 0 spiro atoms. The Morgan fingerprint density at radius 2 is 2.25 bits per heavy atom. The number of hydrogen-bond donors (Lipinski definition) is 1. The molecule has 0 saturated carbocycles. The molecule has 0 aliphatic rings. The topological polar surface area (TPSA) is 69.0 Å². The van der Waals surface area contributed by atoms with Gasteiger partial charge in [0, 0.05) is 18.8 Å². The van der Waals surface area contributed by atoms with Crippen molar-refractivity contribution in [2.75, 3.05) is 18.2 Å². The first-order valence-electron chi connectivity index (χ1n) is 6.03. The Hall–Kier alpha value is -2.02. The van der Waals surface area contributed by atoms with Gasteiger partial charge in [-0.25, -0.2) is 0 Å². The lowest BCUT2D eigenvalue weighted by molar-refractivity contribution is -0.113. The molecule has 0 aliphatic heterocycles.